The highest BCUT2D eigenvalue weighted by molar-refractivity contribution is 7.80. The van der Waals surface area contributed by atoms with Crippen molar-refractivity contribution >= 4 is 28.7 Å². The molecule has 2 atom stereocenters. The maximum atomic E-state index is 8.45. The number of ether oxygens (including phenoxy) is 1. The van der Waals surface area contributed by atoms with Crippen molar-refractivity contribution in [1.29, 1.82) is 5.26 Å². The zero-order chi connectivity index (χ0) is 16.7. The number of hydrogen-bond donors (Lipinski definition) is 3. The van der Waals surface area contributed by atoms with E-state index in [1.165, 1.54) is 5.69 Å². The number of benzene rings is 1. The smallest absolute Gasteiger partial charge is 0.185 e. The molecule has 0 unspecified atom stereocenters. The molecule has 7 heteroatoms. The summed E-state index contributed by atoms with van der Waals surface area (Å²) < 4.78 is 5.76. The monoisotopic (exact) mass is 333 g/mol. The standard InChI is InChI=1S/C16H23N5OS/c1-12-10-21(11-13(2)22-12)15-6-4-14(5-7-15)19-16(23)20-18-9-3-8-17/h4-7,12-13,18H,3,9-11H2,1-2H3,(H2,19,20,23)/t12-,13-/m0/s1. The van der Waals surface area contributed by atoms with Crippen molar-refractivity contribution in [3.63, 3.8) is 0 Å². The van der Waals surface area contributed by atoms with Crippen molar-refractivity contribution < 1.29 is 4.74 Å². The van der Waals surface area contributed by atoms with Gasteiger partial charge in [-0.15, -0.1) is 0 Å². The molecule has 1 aliphatic heterocycles. The molecule has 3 N–H and O–H groups in total. The van der Waals surface area contributed by atoms with Gasteiger partial charge in [-0.2, -0.15) is 5.26 Å². The van der Waals surface area contributed by atoms with Gasteiger partial charge in [0.05, 0.1) is 18.3 Å². The summed E-state index contributed by atoms with van der Waals surface area (Å²) in [7, 11) is 0. The van der Waals surface area contributed by atoms with Crippen LogP contribution in [0.25, 0.3) is 0 Å². The lowest BCUT2D eigenvalue weighted by Crippen LogP contribution is -2.45. The van der Waals surface area contributed by atoms with Crippen LogP contribution < -0.4 is 21.1 Å². The molecule has 0 spiro atoms. The molecular formula is C16H23N5OS. The van der Waals surface area contributed by atoms with Gasteiger partial charge in [0, 0.05) is 37.4 Å². The molecule has 1 aromatic rings. The number of hydrogen-bond acceptors (Lipinski definition) is 5. The summed E-state index contributed by atoms with van der Waals surface area (Å²) in [5.74, 6) is 0. The fraction of sp³-hybridized carbons (Fsp3) is 0.500. The number of anilines is 2. The maximum absolute atomic E-state index is 8.45. The average Bonchev–Trinajstić information content (AvgIpc) is 2.51. The predicted molar refractivity (Wildman–Crippen MR) is 96.3 cm³/mol. The topological polar surface area (TPSA) is 72.3 Å². The Bertz CT molecular complexity index is 547. The van der Waals surface area contributed by atoms with E-state index in [0.717, 1.165) is 18.8 Å². The Labute approximate surface area is 142 Å². The summed E-state index contributed by atoms with van der Waals surface area (Å²) in [6.45, 7) is 6.55. The van der Waals surface area contributed by atoms with E-state index in [4.69, 9.17) is 22.2 Å². The second kappa shape index (κ2) is 8.67. The van der Waals surface area contributed by atoms with Gasteiger partial charge in [-0.25, -0.2) is 5.43 Å². The van der Waals surface area contributed by atoms with Gasteiger partial charge in [0.25, 0.3) is 0 Å². The molecule has 0 saturated carbocycles. The molecule has 0 radical (unpaired) electrons. The average molecular weight is 333 g/mol. The number of nitrogens with zero attached hydrogens (tertiary/aromatic N) is 2. The first-order valence-corrected chi connectivity index (χ1v) is 8.16. The lowest BCUT2D eigenvalue weighted by molar-refractivity contribution is -0.00521. The summed E-state index contributed by atoms with van der Waals surface area (Å²) in [6, 6.07) is 10.2. The molecule has 1 saturated heterocycles. The van der Waals surface area contributed by atoms with Crippen LogP contribution in [-0.2, 0) is 4.74 Å². The third kappa shape index (κ3) is 5.67. The second-order valence-corrected chi connectivity index (χ2v) is 6.03. The predicted octanol–water partition coefficient (Wildman–Crippen LogP) is 2.00. The Morgan fingerprint density at radius 1 is 1.30 bits per heavy atom. The summed E-state index contributed by atoms with van der Waals surface area (Å²) in [5, 5.41) is 12.0. The molecule has 1 aliphatic rings. The minimum atomic E-state index is 0.243. The Hall–Kier alpha value is -1.88. The fourth-order valence-electron chi connectivity index (χ4n) is 2.57. The van der Waals surface area contributed by atoms with Crippen molar-refractivity contribution in [3.05, 3.63) is 24.3 Å². The Morgan fingerprint density at radius 3 is 2.57 bits per heavy atom. The van der Waals surface area contributed by atoms with E-state index >= 15 is 0 Å². The normalized spacial score (nSPS) is 20.7. The molecule has 0 bridgehead atoms. The van der Waals surface area contributed by atoms with Gasteiger partial charge in [-0.1, -0.05) is 0 Å². The van der Waals surface area contributed by atoms with E-state index in [-0.39, 0.29) is 12.2 Å². The van der Waals surface area contributed by atoms with Crippen LogP contribution in [0.2, 0.25) is 0 Å². The minimum Gasteiger partial charge on any atom is -0.372 e. The van der Waals surface area contributed by atoms with Crippen LogP contribution >= 0.6 is 12.2 Å². The van der Waals surface area contributed by atoms with E-state index in [9.17, 15) is 0 Å². The van der Waals surface area contributed by atoms with Crippen LogP contribution in [0.15, 0.2) is 24.3 Å². The number of rotatable bonds is 5. The summed E-state index contributed by atoms with van der Waals surface area (Å²) in [4.78, 5) is 2.34. The summed E-state index contributed by atoms with van der Waals surface area (Å²) in [5.41, 5.74) is 7.83. The van der Waals surface area contributed by atoms with Gasteiger partial charge in [0.15, 0.2) is 5.11 Å². The molecule has 1 aromatic carbocycles. The molecule has 1 fully saturated rings. The maximum Gasteiger partial charge on any atom is 0.185 e. The van der Waals surface area contributed by atoms with Crippen LogP contribution in [0, 0.1) is 11.3 Å². The highest BCUT2D eigenvalue weighted by atomic mass is 32.1. The summed E-state index contributed by atoms with van der Waals surface area (Å²) >= 11 is 5.18. The van der Waals surface area contributed by atoms with Crippen LogP contribution in [0.4, 0.5) is 11.4 Å². The van der Waals surface area contributed by atoms with Crippen LogP contribution in [0.1, 0.15) is 20.3 Å². The van der Waals surface area contributed by atoms with Crippen LogP contribution in [0.5, 0.6) is 0 Å². The van der Waals surface area contributed by atoms with Gasteiger partial charge in [0.2, 0.25) is 0 Å². The van der Waals surface area contributed by atoms with Crippen LogP contribution in [-0.4, -0.2) is 37.0 Å². The van der Waals surface area contributed by atoms with Gasteiger partial charge in [0.1, 0.15) is 0 Å². The molecule has 6 nitrogen and oxygen atoms in total. The van der Waals surface area contributed by atoms with E-state index in [0.29, 0.717) is 18.1 Å². The highest BCUT2D eigenvalue weighted by Crippen LogP contribution is 2.22. The number of hydrazine groups is 1. The third-order valence-electron chi connectivity index (χ3n) is 3.47. The zero-order valence-electron chi connectivity index (χ0n) is 13.5. The Morgan fingerprint density at radius 2 is 1.96 bits per heavy atom. The summed E-state index contributed by atoms with van der Waals surface area (Å²) in [6.07, 6.45) is 0.918. The molecule has 2 rings (SSSR count). The Kier molecular flexibility index (Phi) is 6.59. The number of morpholine rings is 1. The first kappa shape index (κ1) is 17.5. The van der Waals surface area contributed by atoms with E-state index in [1.807, 2.05) is 12.1 Å². The van der Waals surface area contributed by atoms with Crippen molar-refractivity contribution in [3.8, 4) is 6.07 Å². The van der Waals surface area contributed by atoms with Crippen molar-refractivity contribution in [2.45, 2.75) is 32.5 Å². The molecular weight excluding hydrogens is 310 g/mol. The molecule has 0 amide bonds. The first-order chi connectivity index (χ1) is 11.1. The molecule has 23 heavy (non-hydrogen) atoms. The number of nitriles is 1. The first-order valence-electron chi connectivity index (χ1n) is 7.75. The third-order valence-corrected chi connectivity index (χ3v) is 3.68. The van der Waals surface area contributed by atoms with Gasteiger partial charge in [-0.05, 0) is 50.3 Å². The minimum absolute atomic E-state index is 0.243. The Balaban J connectivity index is 1.84. The fourth-order valence-corrected chi connectivity index (χ4v) is 2.76. The number of thiocarbonyl (C=S) groups is 1. The zero-order valence-corrected chi connectivity index (χ0v) is 14.3. The van der Waals surface area contributed by atoms with Crippen molar-refractivity contribution in [2.24, 2.45) is 0 Å². The molecule has 124 valence electrons. The second-order valence-electron chi connectivity index (χ2n) is 5.62. The van der Waals surface area contributed by atoms with Gasteiger partial charge in [-0.3, -0.25) is 5.43 Å². The number of nitrogens with one attached hydrogen (secondary N) is 3. The van der Waals surface area contributed by atoms with E-state index < -0.39 is 0 Å². The van der Waals surface area contributed by atoms with E-state index in [1.54, 1.807) is 0 Å². The van der Waals surface area contributed by atoms with E-state index in [2.05, 4.69) is 53.1 Å². The largest absolute Gasteiger partial charge is 0.372 e. The molecule has 0 aliphatic carbocycles. The molecule has 0 aromatic heterocycles. The molecule has 1 heterocycles. The van der Waals surface area contributed by atoms with Crippen molar-refractivity contribution in [1.82, 2.24) is 10.9 Å². The van der Waals surface area contributed by atoms with Crippen LogP contribution in [0.3, 0.4) is 0 Å². The highest BCUT2D eigenvalue weighted by Gasteiger charge is 2.22. The SMILES string of the molecule is C[C@H]1CN(c2ccc(NC(=S)NNCCC#N)cc2)C[C@H](C)O1. The van der Waals surface area contributed by atoms with Crippen molar-refractivity contribution in [2.75, 3.05) is 29.9 Å². The lowest BCUT2D eigenvalue weighted by atomic mass is 10.2. The van der Waals surface area contributed by atoms with Gasteiger partial charge < -0.3 is 15.0 Å². The quantitative estimate of drug-likeness (QED) is 0.432. The lowest BCUT2D eigenvalue weighted by Gasteiger charge is -2.36. The van der Waals surface area contributed by atoms with Gasteiger partial charge >= 0.3 is 0 Å².